The Morgan fingerprint density at radius 1 is 1.38 bits per heavy atom. The van der Waals surface area contributed by atoms with Crippen LogP contribution >= 0.6 is 0 Å². The molecule has 1 saturated heterocycles. The zero-order chi connectivity index (χ0) is 15.8. The number of hydrogen-bond donors (Lipinski definition) is 0. The zero-order valence-electron chi connectivity index (χ0n) is 12.4. The van der Waals surface area contributed by atoms with Gasteiger partial charge in [-0.3, -0.25) is 0 Å². The molecule has 0 amide bonds. The van der Waals surface area contributed by atoms with Crippen molar-refractivity contribution in [2.24, 2.45) is 0 Å². The molecule has 1 aromatic rings. The Bertz CT molecular complexity index is 701. The zero-order valence-corrected chi connectivity index (χ0v) is 14.0. The average Bonchev–Trinajstić information content (AvgIpc) is 2.89. The molecule has 0 unspecified atom stereocenters. The molecule has 7 nitrogen and oxygen atoms in total. The Balaban J connectivity index is 2.43. The Hall–Kier alpha value is -0.930. The molecule has 0 N–H and O–H groups in total. The molecule has 0 spiro atoms. The summed E-state index contributed by atoms with van der Waals surface area (Å²) in [6, 6.07) is -0.506. The van der Waals surface area contributed by atoms with Gasteiger partial charge in [-0.25, -0.2) is 16.8 Å². The number of aromatic nitrogens is 1. The van der Waals surface area contributed by atoms with Crippen molar-refractivity contribution in [3.63, 3.8) is 0 Å². The van der Waals surface area contributed by atoms with Gasteiger partial charge in [0.25, 0.3) is 0 Å². The van der Waals surface area contributed by atoms with E-state index in [-0.39, 0.29) is 28.7 Å². The lowest BCUT2D eigenvalue weighted by Crippen LogP contribution is -2.41. The highest BCUT2D eigenvalue weighted by atomic mass is 32.2. The number of rotatable bonds is 5. The van der Waals surface area contributed by atoms with Gasteiger partial charge in [0.1, 0.15) is 10.6 Å². The van der Waals surface area contributed by atoms with E-state index in [0.717, 1.165) is 0 Å². The number of aryl methyl sites for hydroxylation is 2. The van der Waals surface area contributed by atoms with Gasteiger partial charge in [0, 0.05) is 12.6 Å². The predicted octanol–water partition coefficient (Wildman–Crippen LogP) is 0.879. The molecule has 120 valence electrons. The Morgan fingerprint density at radius 3 is 2.48 bits per heavy atom. The second kappa shape index (κ2) is 5.69. The molecule has 1 aromatic heterocycles. The lowest BCUT2D eigenvalue weighted by atomic mass is 10.2. The van der Waals surface area contributed by atoms with Gasteiger partial charge < -0.3 is 4.52 Å². The van der Waals surface area contributed by atoms with Crippen molar-refractivity contribution in [1.29, 1.82) is 0 Å². The minimum absolute atomic E-state index is 0.0367. The lowest BCUT2D eigenvalue weighted by Gasteiger charge is -2.26. The first-order valence-corrected chi connectivity index (χ1v) is 10.1. The van der Waals surface area contributed by atoms with Crippen LogP contribution in [0.4, 0.5) is 0 Å². The van der Waals surface area contributed by atoms with Crippen molar-refractivity contribution in [1.82, 2.24) is 9.46 Å². The largest absolute Gasteiger partial charge is 0.360 e. The van der Waals surface area contributed by atoms with Crippen LogP contribution in [0.2, 0.25) is 0 Å². The molecule has 2 heterocycles. The second-order valence-electron chi connectivity index (χ2n) is 5.33. The van der Waals surface area contributed by atoms with Crippen LogP contribution in [0.25, 0.3) is 0 Å². The molecular weight excluding hydrogens is 316 g/mol. The fraction of sp³-hybridized carbons (Fsp3) is 0.750. The van der Waals surface area contributed by atoms with E-state index in [9.17, 15) is 16.8 Å². The summed E-state index contributed by atoms with van der Waals surface area (Å²) in [5, 5.41) is 3.68. The smallest absolute Gasteiger partial charge is 0.248 e. The van der Waals surface area contributed by atoms with Crippen molar-refractivity contribution >= 4 is 19.9 Å². The van der Waals surface area contributed by atoms with E-state index in [1.165, 1.54) is 4.31 Å². The van der Waals surface area contributed by atoms with Gasteiger partial charge in [-0.15, -0.1) is 0 Å². The van der Waals surface area contributed by atoms with E-state index < -0.39 is 25.9 Å². The molecule has 2 rings (SSSR count). The van der Waals surface area contributed by atoms with Gasteiger partial charge in [0.2, 0.25) is 10.0 Å². The molecule has 1 atom stereocenters. The highest BCUT2D eigenvalue weighted by Gasteiger charge is 2.40. The minimum Gasteiger partial charge on any atom is -0.360 e. The van der Waals surface area contributed by atoms with Gasteiger partial charge in [-0.1, -0.05) is 12.1 Å². The van der Waals surface area contributed by atoms with E-state index in [2.05, 4.69) is 5.16 Å². The monoisotopic (exact) mass is 336 g/mol. The van der Waals surface area contributed by atoms with Gasteiger partial charge in [-0.2, -0.15) is 4.31 Å². The summed E-state index contributed by atoms with van der Waals surface area (Å²) < 4.78 is 55.2. The molecule has 1 aliphatic heterocycles. The molecule has 0 saturated carbocycles. The topological polar surface area (TPSA) is 97.6 Å². The number of sulfone groups is 1. The predicted molar refractivity (Wildman–Crippen MR) is 77.2 cm³/mol. The third kappa shape index (κ3) is 3.14. The maximum atomic E-state index is 12.9. The molecule has 0 aromatic carbocycles. The summed E-state index contributed by atoms with van der Waals surface area (Å²) in [6.45, 7) is 5.26. The fourth-order valence-electron chi connectivity index (χ4n) is 2.68. The third-order valence-corrected chi connectivity index (χ3v) is 7.54. The van der Waals surface area contributed by atoms with Crippen LogP contribution in [-0.4, -0.2) is 50.4 Å². The fourth-order valence-corrected chi connectivity index (χ4v) is 6.55. The van der Waals surface area contributed by atoms with Crippen LogP contribution in [0, 0.1) is 13.8 Å². The number of sulfonamides is 1. The highest BCUT2D eigenvalue weighted by molar-refractivity contribution is 7.92. The van der Waals surface area contributed by atoms with E-state index in [1.807, 2.05) is 6.92 Å². The quantitative estimate of drug-likeness (QED) is 0.791. The normalized spacial score (nSPS) is 22.0. The van der Waals surface area contributed by atoms with Crippen molar-refractivity contribution in [2.75, 3.05) is 18.1 Å². The van der Waals surface area contributed by atoms with E-state index in [0.29, 0.717) is 18.5 Å². The summed E-state index contributed by atoms with van der Waals surface area (Å²) in [6.07, 6.45) is 0.949. The standard InChI is InChI=1S/C12H20N2O5S2/c1-4-6-14(11-5-7-20(15,16)8-11)21(17,18)12-9(2)13-19-10(12)3/h11H,4-8H2,1-3H3/t11-/m0/s1. The number of nitrogens with zero attached hydrogens (tertiary/aromatic N) is 2. The van der Waals surface area contributed by atoms with Gasteiger partial charge >= 0.3 is 0 Å². The molecule has 1 aliphatic rings. The van der Waals surface area contributed by atoms with Crippen molar-refractivity contribution in [3.8, 4) is 0 Å². The molecular formula is C12H20N2O5S2. The van der Waals surface area contributed by atoms with Crippen molar-refractivity contribution < 1.29 is 21.4 Å². The Morgan fingerprint density at radius 2 is 2.05 bits per heavy atom. The van der Waals surface area contributed by atoms with Gasteiger partial charge in [-0.05, 0) is 26.7 Å². The van der Waals surface area contributed by atoms with E-state index in [4.69, 9.17) is 4.52 Å². The number of hydrogen-bond acceptors (Lipinski definition) is 6. The Kier molecular flexibility index (Phi) is 4.46. The summed E-state index contributed by atoms with van der Waals surface area (Å²) in [5.41, 5.74) is 0.300. The summed E-state index contributed by atoms with van der Waals surface area (Å²) >= 11 is 0. The maximum Gasteiger partial charge on any atom is 0.248 e. The van der Waals surface area contributed by atoms with Crippen LogP contribution in [-0.2, 0) is 19.9 Å². The molecule has 1 fully saturated rings. The first-order chi connectivity index (χ1) is 9.69. The first kappa shape index (κ1) is 16.4. The Labute approximate surface area is 125 Å². The highest BCUT2D eigenvalue weighted by Crippen LogP contribution is 2.28. The van der Waals surface area contributed by atoms with Crippen LogP contribution in [0.3, 0.4) is 0 Å². The van der Waals surface area contributed by atoms with Crippen LogP contribution in [0.15, 0.2) is 9.42 Å². The van der Waals surface area contributed by atoms with Crippen molar-refractivity contribution in [2.45, 2.75) is 44.6 Å². The minimum atomic E-state index is -3.80. The molecule has 9 heteroatoms. The summed E-state index contributed by atoms with van der Waals surface area (Å²) in [7, 11) is -6.96. The third-order valence-electron chi connectivity index (χ3n) is 3.59. The SMILES string of the molecule is CCCN([C@H]1CCS(=O)(=O)C1)S(=O)(=O)c1c(C)noc1C. The molecule has 0 bridgehead atoms. The van der Waals surface area contributed by atoms with Gasteiger partial charge in [0.05, 0.1) is 11.5 Å². The van der Waals surface area contributed by atoms with E-state index in [1.54, 1.807) is 13.8 Å². The van der Waals surface area contributed by atoms with E-state index >= 15 is 0 Å². The lowest BCUT2D eigenvalue weighted by molar-refractivity contribution is 0.339. The van der Waals surface area contributed by atoms with Crippen LogP contribution in [0.5, 0.6) is 0 Å². The second-order valence-corrected chi connectivity index (χ2v) is 9.38. The van der Waals surface area contributed by atoms with Crippen LogP contribution < -0.4 is 0 Å². The summed E-state index contributed by atoms with van der Waals surface area (Å²) in [5.74, 6) is 0.152. The average molecular weight is 336 g/mol. The molecule has 0 radical (unpaired) electrons. The van der Waals surface area contributed by atoms with Gasteiger partial charge in [0.15, 0.2) is 15.6 Å². The first-order valence-electron chi connectivity index (χ1n) is 6.84. The maximum absolute atomic E-state index is 12.9. The van der Waals surface area contributed by atoms with Crippen LogP contribution in [0.1, 0.15) is 31.2 Å². The summed E-state index contributed by atoms with van der Waals surface area (Å²) in [4.78, 5) is 0.0558. The molecule has 21 heavy (non-hydrogen) atoms. The van der Waals surface area contributed by atoms with Crippen molar-refractivity contribution in [3.05, 3.63) is 11.5 Å². The molecule has 0 aliphatic carbocycles.